The van der Waals surface area contributed by atoms with E-state index in [1.54, 1.807) is 30.3 Å². The van der Waals surface area contributed by atoms with E-state index in [1.807, 2.05) is 6.07 Å². The number of carbonyl (C=O) groups is 1. The van der Waals surface area contributed by atoms with E-state index in [-0.39, 0.29) is 18.1 Å². The van der Waals surface area contributed by atoms with Crippen molar-refractivity contribution in [3.63, 3.8) is 0 Å². The third kappa shape index (κ3) is 3.65. The maximum Gasteiger partial charge on any atom is 0.228 e. The first-order valence-corrected chi connectivity index (χ1v) is 6.62. The lowest BCUT2D eigenvalue weighted by Gasteiger charge is -2.07. The molecule has 0 radical (unpaired) electrons. The summed E-state index contributed by atoms with van der Waals surface area (Å²) < 4.78 is 13.8. The highest BCUT2D eigenvalue weighted by atomic mass is 79.9. The molecule has 0 bridgehead atoms. The van der Waals surface area contributed by atoms with Crippen LogP contribution in [0.25, 0.3) is 0 Å². The topological polar surface area (TPSA) is 52.9 Å². The third-order valence-corrected chi connectivity index (χ3v) is 3.12. The summed E-state index contributed by atoms with van der Waals surface area (Å²) in [5.74, 6) is -0.675. The summed E-state index contributed by atoms with van der Waals surface area (Å²) in [6.07, 6.45) is 0.0543. The maximum atomic E-state index is 13.0. The van der Waals surface area contributed by atoms with Crippen LogP contribution in [-0.2, 0) is 11.2 Å². The van der Waals surface area contributed by atoms with Gasteiger partial charge in [0, 0.05) is 4.47 Å². The van der Waals surface area contributed by atoms with Gasteiger partial charge in [-0.2, -0.15) is 5.26 Å². The van der Waals surface area contributed by atoms with Crippen LogP contribution in [-0.4, -0.2) is 5.91 Å². The number of amides is 1. The fourth-order valence-corrected chi connectivity index (χ4v) is 2.11. The number of halogens is 2. The van der Waals surface area contributed by atoms with Gasteiger partial charge >= 0.3 is 0 Å². The molecule has 0 saturated heterocycles. The Morgan fingerprint density at radius 2 is 2.10 bits per heavy atom. The first kappa shape index (κ1) is 14.2. The molecule has 2 rings (SSSR count). The number of nitrogens with one attached hydrogen (secondary N) is 1. The second kappa shape index (κ2) is 6.31. The van der Waals surface area contributed by atoms with Gasteiger partial charge in [0.2, 0.25) is 5.91 Å². The van der Waals surface area contributed by atoms with E-state index in [4.69, 9.17) is 5.26 Å². The molecule has 0 aromatic heterocycles. The van der Waals surface area contributed by atoms with E-state index in [9.17, 15) is 9.18 Å². The van der Waals surface area contributed by atoms with Crippen LogP contribution in [0, 0.1) is 17.1 Å². The van der Waals surface area contributed by atoms with Crippen LogP contribution >= 0.6 is 15.9 Å². The van der Waals surface area contributed by atoms with Crippen molar-refractivity contribution in [2.75, 3.05) is 5.32 Å². The Kier molecular flexibility index (Phi) is 4.49. The largest absolute Gasteiger partial charge is 0.325 e. The van der Waals surface area contributed by atoms with Crippen LogP contribution in [0.15, 0.2) is 46.9 Å². The highest BCUT2D eigenvalue weighted by molar-refractivity contribution is 9.10. The minimum absolute atomic E-state index is 0.0543. The Labute approximate surface area is 124 Å². The van der Waals surface area contributed by atoms with Gasteiger partial charge in [-0.3, -0.25) is 4.79 Å². The molecule has 0 atom stereocenters. The molecular formula is C15H10BrFN2O. The van der Waals surface area contributed by atoms with Crippen LogP contribution in [0.1, 0.15) is 11.1 Å². The van der Waals surface area contributed by atoms with Crippen LogP contribution in [0.5, 0.6) is 0 Å². The number of rotatable bonds is 3. The number of hydrogen-bond donors (Lipinski definition) is 1. The van der Waals surface area contributed by atoms with Crippen LogP contribution in [0.4, 0.5) is 10.1 Å². The molecule has 0 heterocycles. The van der Waals surface area contributed by atoms with Crippen molar-refractivity contribution in [2.45, 2.75) is 6.42 Å². The van der Waals surface area contributed by atoms with Crippen molar-refractivity contribution in [3.05, 3.63) is 63.9 Å². The summed E-state index contributed by atoms with van der Waals surface area (Å²) in [6.45, 7) is 0. The highest BCUT2D eigenvalue weighted by Crippen LogP contribution is 2.20. The van der Waals surface area contributed by atoms with Gasteiger partial charge in [0.25, 0.3) is 0 Å². The zero-order valence-corrected chi connectivity index (χ0v) is 11.9. The molecule has 0 aliphatic heterocycles. The molecule has 0 saturated carbocycles. The smallest absolute Gasteiger partial charge is 0.228 e. The molecule has 0 fully saturated rings. The van der Waals surface area contributed by atoms with Gasteiger partial charge in [-0.25, -0.2) is 4.39 Å². The number of anilines is 1. The standard InChI is InChI=1S/C15H10BrFN2O/c16-12-4-5-14(11(8-12)9-18)19-15(20)7-10-2-1-3-13(17)6-10/h1-6,8H,7H2,(H,19,20). The van der Waals surface area contributed by atoms with Crippen LogP contribution in [0.2, 0.25) is 0 Å². The lowest BCUT2D eigenvalue weighted by molar-refractivity contribution is -0.115. The Hall–Kier alpha value is -2.19. The van der Waals surface area contributed by atoms with Crippen LogP contribution < -0.4 is 5.32 Å². The summed E-state index contributed by atoms with van der Waals surface area (Å²) in [7, 11) is 0. The number of benzene rings is 2. The SMILES string of the molecule is N#Cc1cc(Br)ccc1NC(=O)Cc1cccc(F)c1. The van der Waals surface area contributed by atoms with Crippen molar-refractivity contribution in [1.29, 1.82) is 5.26 Å². The lowest BCUT2D eigenvalue weighted by atomic mass is 10.1. The minimum atomic E-state index is -0.378. The molecule has 100 valence electrons. The van der Waals surface area contributed by atoms with E-state index in [0.717, 1.165) is 4.47 Å². The molecule has 3 nitrogen and oxygen atoms in total. The molecule has 0 unspecified atom stereocenters. The summed E-state index contributed by atoms with van der Waals surface area (Å²) >= 11 is 3.26. The second-order valence-corrected chi connectivity index (χ2v) is 5.07. The lowest BCUT2D eigenvalue weighted by Crippen LogP contribution is -2.15. The Balaban J connectivity index is 2.11. The van der Waals surface area contributed by atoms with Gasteiger partial charge in [0.05, 0.1) is 17.7 Å². The molecule has 5 heteroatoms. The number of nitrogens with zero attached hydrogens (tertiary/aromatic N) is 1. The van der Waals surface area contributed by atoms with Crippen molar-refractivity contribution in [3.8, 4) is 6.07 Å². The number of nitriles is 1. The van der Waals surface area contributed by atoms with Gasteiger partial charge in [0.15, 0.2) is 0 Å². The molecule has 0 aliphatic carbocycles. The Morgan fingerprint density at radius 3 is 2.80 bits per heavy atom. The molecule has 1 amide bonds. The van der Waals surface area contributed by atoms with Gasteiger partial charge < -0.3 is 5.32 Å². The Morgan fingerprint density at radius 1 is 1.30 bits per heavy atom. The normalized spacial score (nSPS) is 9.85. The van der Waals surface area contributed by atoms with Gasteiger partial charge in [-0.05, 0) is 35.9 Å². The average molecular weight is 333 g/mol. The zero-order chi connectivity index (χ0) is 14.5. The zero-order valence-electron chi connectivity index (χ0n) is 10.4. The fourth-order valence-electron chi connectivity index (χ4n) is 1.74. The quantitative estimate of drug-likeness (QED) is 0.932. The summed E-state index contributed by atoms with van der Waals surface area (Å²) in [6, 6.07) is 12.9. The van der Waals surface area contributed by atoms with E-state index in [0.29, 0.717) is 16.8 Å². The predicted octanol–water partition coefficient (Wildman–Crippen LogP) is 3.64. The average Bonchev–Trinajstić information content (AvgIpc) is 2.40. The molecule has 2 aromatic carbocycles. The summed E-state index contributed by atoms with van der Waals surface area (Å²) in [5, 5.41) is 11.7. The summed E-state index contributed by atoms with van der Waals surface area (Å²) in [5.41, 5.74) is 1.39. The van der Waals surface area contributed by atoms with Gasteiger partial charge in [-0.1, -0.05) is 28.1 Å². The molecule has 1 N–H and O–H groups in total. The predicted molar refractivity (Wildman–Crippen MR) is 77.6 cm³/mol. The van der Waals surface area contributed by atoms with E-state index in [1.165, 1.54) is 12.1 Å². The minimum Gasteiger partial charge on any atom is -0.325 e. The van der Waals surface area contributed by atoms with Crippen molar-refractivity contribution in [1.82, 2.24) is 0 Å². The van der Waals surface area contributed by atoms with Crippen molar-refractivity contribution < 1.29 is 9.18 Å². The van der Waals surface area contributed by atoms with Crippen molar-refractivity contribution in [2.24, 2.45) is 0 Å². The molecule has 0 aliphatic rings. The van der Waals surface area contributed by atoms with Crippen molar-refractivity contribution >= 4 is 27.5 Å². The van der Waals surface area contributed by atoms with Gasteiger partial charge in [0.1, 0.15) is 11.9 Å². The van der Waals surface area contributed by atoms with E-state index in [2.05, 4.69) is 21.2 Å². The van der Waals surface area contributed by atoms with Gasteiger partial charge in [-0.15, -0.1) is 0 Å². The molecule has 20 heavy (non-hydrogen) atoms. The maximum absolute atomic E-state index is 13.0. The highest BCUT2D eigenvalue weighted by Gasteiger charge is 2.08. The fraction of sp³-hybridized carbons (Fsp3) is 0.0667. The Bertz CT molecular complexity index is 695. The second-order valence-electron chi connectivity index (χ2n) is 4.16. The monoisotopic (exact) mass is 332 g/mol. The molecule has 2 aromatic rings. The first-order chi connectivity index (χ1) is 9.58. The molecular weight excluding hydrogens is 323 g/mol. The number of carbonyl (C=O) groups excluding carboxylic acids is 1. The third-order valence-electron chi connectivity index (χ3n) is 2.63. The number of hydrogen-bond acceptors (Lipinski definition) is 2. The first-order valence-electron chi connectivity index (χ1n) is 5.82. The van der Waals surface area contributed by atoms with Crippen LogP contribution in [0.3, 0.4) is 0 Å². The van der Waals surface area contributed by atoms with E-state index < -0.39 is 0 Å². The summed E-state index contributed by atoms with van der Waals surface area (Å²) in [4.78, 5) is 11.9. The molecule has 0 spiro atoms. The van der Waals surface area contributed by atoms with E-state index >= 15 is 0 Å².